The van der Waals surface area contributed by atoms with Crippen molar-refractivity contribution in [2.75, 3.05) is 9.80 Å². The van der Waals surface area contributed by atoms with Gasteiger partial charge in [0.1, 0.15) is 0 Å². The number of rotatable bonds is 18. The van der Waals surface area contributed by atoms with Crippen LogP contribution in [0.1, 0.15) is 0 Å². The predicted molar refractivity (Wildman–Crippen MR) is 583 cm³/mol. The summed E-state index contributed by atoms with van der Waals surface area (Å²) in [6.45, 7) is 0. The fourth-order valence-corrected chi connectivity index (χ4v) is 21.1. The highest BCUT2D eigenvalue weighted by atomic mass is 15.1. The molecule has 4 heterocycles. The lowest BCUT2D eigenvalue weighted by Crippen LogP contribution is -2.09. The van der Waals surface area contributed by atoms with E-state index >= 15 is 0 Å². The molecule has 6 nitrogen and oxygen atoms in total. The van der Waals surface area contributed by atoms with E-state index in [9.17, 15) is 0 Å². The largest absolute Gasteiger partial charge is 0.311 e. The van der Waals surface area contributed by atoms with Crippen LogP contribution >= 0.6 is 0 Å². The Balaban J connectivity index is 0.000000146. The van der Waals surface area contributed by atoms with Crippen LogP contribution in [0.5, 0.6) is 0 Å². The second kappa shape index (κ2) is 35.3. The van der Waals surface area contributed by atoms with Crippen LogP contribution in [0.25, 0.3) is 199 Å². The fourth-order valence-electron chi connectivity index (χ4n) is 21.1. The Labute approximate surface area is 801 Å². The third kappa shape index (κ3) is 14.7. The minimum Gasteiger partial charge on any atom is -0.311 e. The van der Waals surface area contributed by atoms with Crippen molar-refractivity contribution < 1.29 is 0 Å². The molecular formula is C132H90N6. The number of fused-ring (bicyclic) bond motifs is 12. The van der Waals surface area contributed by atoms with Crippen molar-refractivity contribution in [2.45, 2.75) is 0 Å². The number of para-hydroxylation sites is 8. The Morgan fingerprint density at radius 2 is 0.283 bits per heavy atom. The van der Waals surface area contributed by atoms with Crippen molar-refractivity contribution in [2.24, 2.45) is 0 Å². The van der Waals surface area contributed by atoms with E-state index in [1.54, 1.807) is 0 Å². The molecule has 648 valence electrons. The number of aromatic nitrogens is 4. The average Bonchev–Trinajstić information content (AvgIpc) is 1.60. The molecule has 0 fully saturated rings. The minimum atomic E-state index is 1.08. The Hall–Kier alpha value is -18.4. The normalized spacial score (nSPS) is 11.5. The van der Waals surface area contributed by atoms with Gasteiger partial charge in [0.25, 0.3) is 0 Å². The van der Waals surface area contributed by atoms with Crippen molar-refractivity contribution in [3.8, 4) is 112 Å². The summed E-state index contributed by atoms with van der Waals surface area (Å²) < 4.78 is 9.54. The van der Waals surface area contributed by atoms with Crippen LogP contribution in [0, 0.1) is 0 Å². The van der Waals surface area contributed by atoms with Gasteiger partial charge in [0.2, 0.25) is 0 Å². The van der Waals surface area contributed by atoms with Crippen molar-refractivity contribution in [3.05, 3.63) is 546 Å². The van der Waals surface area contributed by atoms with Gasteiger partial charge in [-0.2, -0.15) is 0 Å². The molecule has 6 heteroatoms. The summed E-state index contributed by atoms with van der Waals surface area (Å²) in [4.78, 5) is 4.75. The van der Waals surface area contributed by atoms with E-state index < -0.39 is 0 Å². The van der Waals surface area contributed by atoms with Crippen LogP contribution in [-0.4, -0.2) is 18.3 Å². The Bertz CT molecular complexity index is 8560. The third-order valence-electron chi connectivity index (χ3n) is 27.5. The maximum atomic E-state index is 2.39. The van der Waals surface area contributed by atoms with Gasteiger partial charge in [0.15, 0.2) is 0 Å². The second-order valence-corrected chi connectivity index (χ2v) is 35.4. The summed E-state index contributed by atoms with van der Waals surface area (Å²) in [6.07, 6.45) is 0. The molecule has 0 amide bonds. The summed E-state index contributed by atoms with van der Waals surface area (Å²) in [6, 6.07) is 198. The zero-order valence-electron chi connectivity index (χ0n) is 75.6. The van der Waals surface area contributed by atoms with Crippen LogP contribution in [-0.2, 0) is 0 Å². The quantitative estimate of drug-likeness (QED) is 0.0856. The molecule has 4 aromatic heterocycles. The van der Waals surface area contributed by atoms with E-state index in [0.29, 0.717) is 0 Å². The highest BCUT2D eigenvalue weighted by Crippen LogP contribution is 2.48. The first-order valence-corrected chi connectivity index (χ1v) is 47.3. The lowest BCUT2D eigenvalue weighted by molar-refractivity contribution is 1.18. The maximum absolute atomic E-state index is 2.39. The molecule has 0 aliphatic heterocycles. The van der Waals surface area contributed by atoms with Gasteiger partial charge in [0.05, 0.1) is 44.1 Å². The molecule has 0 bridgehead atoms. The molecule has 26 aromatic rings. The van der Waals surface area contributed by atoms with Crippen LogP contribution in [0.4, 0.5) is 34.1 Å². The molecule has 0 unspecified atom stereocenters. The molecular weight excluding hydrogens is 1670 g/mol. The van der Waals surface area contributed by atoms with Gasteiger partial charge in [-0.1, -0.05) is 370 Å². The molecule has 22 aromatic carbocycles. The van der Waals surface area contributed by atoms with Gasteiger partial charge >= 0.3 is 0 Å². The number of benzene rings is 22. The van der Waals surface area contributed by atoms with Crippen molar-refractivity contribution in [1.82, 2.24) is 18.3 Å². The number of hydrogen-bond donors (Lipinski definition) is 0. The van der Waals surface area contributed by atoms with Crippen molar-refractivity contribution in [3.63, 3.8) is 0 Å². The second-order valence-electron chi connectivity index (χ2n) is 35.4. The molecule has 0 spiro atoms. The smallest absolute Gasteiger partial charge is 0.0547 e. The number of anilines is 6. The van der Waals surface area contributed by atoms with Gasteiger partial charge in [-0.25, -0.2) is 0 Å². The predicted octanol–water partition coefficient (Wildman–Crippen LogP) is 36.0. The van der Waals surface area contributed by atoms with Gasteiger partial charge in [0, 0.05) is 100.0 Å². The molecule has 26 rings (SSSR count). The zero-order chi connectivity index (χ0) is 91.4. The molecule has 0 atom stereocenters. The van der Waals surface area contributed by atoms with Crippen molar-refractivity contribution >= 4 is 121 Å². The van der Waals surface area contributed by atoms with Gasteiger partial charge in [-0.05, 0) is 265 Å². The summed E-state index contributed by atoms with van der Waals surface area (Å²) in [5.41, 5.74) is 39.8. The first-order chi connectivity index (χ1) is 68.5. The lowest BCUT2D eigenvalue weighted by Gasteiger charge is -2.26. The third-order valence-corrected chi connectivity index (χ3v) is 27.5. The summed E-state index contributed by atoms with van der Waals surface area (Å²) in [5.74, 6) is 0. The van der Waals surface area contributed by atoms with E-state index in [0.717, 1.165) is 56.9 Å². The summed E-state index contributed by atoms with van der Waals surface area (Å²) in [7, 11) is 0. The molecule has 0 saturated carbocycles. The summed E-state index contributed by atoms with van der Waals surface area (Å²) in [5, 5.41) is 10.00. The standard InChI is InChI=1S/2C66H45N3/c1-4-17-46(18-5-1)50-19-14-20-51(45-50)47-33-39-54(40-34-47)67(55-41-35-48(36-42-55)57-27-15-31-63-65(57)59-25-10-12-29-61(59)68(63)52-21-6-2-7-22-52)56-43-37-49(38-44-56)58-28-16-32-64-66(58)60-26-11-13-30-62(60)69(64)53-23-8-3-9-24-53;1-4-16-46(17-5-1)47-30-32-48(33-31-47)49-34-40-54(41-35-49)67(55-42-36-50(37-43-55)57-24-14-28-63-65(57)59-22-10-12-26-61(59)68(63)52-18-6-2-7-19-52)56-44-38-51(39-45-56)58-25-15-29-64-66(58)60-23-11-13-27-62(60)69(64)53-20-8-3-9-21-53/h2*1-45H. The number of hydrogen-bond acceptors (Lipinski definition) is 2. The fraction of sp³-hybridized carbons (Fsp3) is 0. The highest BCUT2D eigenvalue weighted by molar-refractivity contribution is 6.20. The van der Waals surface area contributed by atoms with Crippen LogP contribution in [0.3, 0.4) is 0 Å². The van der Waals surface area contributed by atoms with Crippen LogP contribution in [0.15, 0.2) is 546 Å². The Kier molecular flexibility index (Phi) is 20.9. The first-order valence-electron chi connectivity index (χ1n) is 47.3. The molecule has 0 aliphatic rings. The molecule has 0 aliphatic carbocycles. The Morgan fingerprint density at radius 1 is 0.116 bits per heavy atom. The molecule has 0 N–H and O–H groups in total. The van der Waals surface area contributed by atoms with E-state index in [-0.39, 0.29) is 0 Å². The topological polar surface area (TPSA) is 26.2 Å². The first kappa shape index (κ1) is 81.6. The van der Waals surface area contributed by atoms with E-state index in [1.165, 1.54) is 176 Å². The monoisotopic (exact) mass is 1760 g/mol. The van der Waals surface area contributed by atoms with E-state index in [1.807, 2.05) is 0 Å². The van der Waals surface area contributed by atoms with Crippen LogP contribution < -0.4 is 9.80 Å². The van der Waals surface area contributed by atoms with Crippen molar-refractivity contribution in [1.29, 1.82) is 0 Å². The average molecular weight is 1760 g/mol. The summed E-state index contributed by atoms with van der Waals surface area (Å²) >= 11 is 0. The van der Waals surface area contributed by atoms with Crippen LogP contribution in [0.2, 0.25) is 0 Å². The SMILES string of the molecule is c1ccc(-c2ccc(-c3ccc(N(c4ccc(-c5cccc6c5c5ccccc5n6-c5ccccc5)cc4)c4ccc(-c5cccc6c5c5ccccc5n6-c5ccccc5)cc4)cc3)cc2)cc1.c1ccc(-c2cccc(-c3ccc(N(c4ccc(-c5cccc6c5c5ccccc5n6-c5ccccc5)cc4)c4ccc(-c5cccc6c5c5ccccc5n6-c5ccccc5)cc4)cc3)c2)cc1. The van der Waals surface area contributed by atoms with E-state index in [2.05, 4.69) is 574 Å². The van der Waals surface area contributed by atoms with Gasteiger partial charge in [-0.15, -0.1) is 0 Å². The minimum absolute atomic E-state index is 1.08. The molecule has 0 saturated heterocycles. The van der Waals surface area contributed by atoms with Gasteiger partial charge in [-0.3, -0.25) is 0 Å². The van der Waals surface area contributed by atoms with Gasteiger partial charge < -0.3 is 28.1 Å². The highest BCUT2D eigenvalue weighted by Gasteiger charge is 2.25. The molecule has 0 radical (unpaired) electrons. The zero-order valence-corrected chi connectivity index (χ0v) is 75.6. The molecule has 138 heavy (non-hydrogen) atoms. The van der Waals surface area contributed by atoms with E-state index in [4.69, 9.17) is 0 Å². The lowest BCUT2D eigenvalue weighted by atomic mass is 9.98. The Morgan fingerprint density at radius 3 is 0.529 bits per heavy atom. The number of nitrogens with zero attached hydrogens (tertiary/aromatic N) is 6. The maximum Gasteiger partial charge on any atom is 0.0547 e.